The average molecular weight is 279 g/mol. The van der Waals surface area contributed by atoms with Crippen LogP contribution in [-0.2, 0) is 6.42 Å². The second-order valence-corrected chi connectivity index (χ2v) is 4.61. The van der Waals surface area contributed by atoms with Gasteiger partial charge in [-0.3, -0.25) is 4.79 Å². The van der Waals surface area contributed by atoms with E-state index in [1.54, 1.807) is 0 Å². The molecule has 0 aliphatic carbocycles. The van der Waals surface area contributed by atoms with Crippen molar-refractivity contribution < 1.29 is 18.6 Å². The Morgan fingerprint density at radius 3 is 2.70 bits per heavy atom. The molecule has 7 heteroatoms. The molecule has 2 rings (SSSR count). The van der Waals surface area contributed by atoms with Gasteiger partial charge in [-0.15, -0.1) is 0 Å². The van der Waals surface area contributed by atoms with Crippen molar-refractivity contribution >= 4 is 5.91 Å². The van der Waals surface area contributed by atoms with Crippen LogP contribution in [0.2, 0.25) is 0 Å². The van der Waals surface area contributed by atoms with Gasteiger partial charge in [0.25, 0.3) is 11.8 Å². The molecule has 0 saturated heterocycles. The lowest BCUT2D eigenvalue weighted by Crippen LogP contribution is -2.34. The van der Waals surface area contributed by atoms with Gasteiger partial charge in [0.05, 0.1) is 18.9 Å². The number of aromatic nitrogens is 2. The summed E-state index contributed by atoms with van der Waals surface area (Å²) in [6, 6.07) is 1.35. The van der Waals surface area contributed by atoms with Crippen molar-refractivity contribution in [2.45, 2.75) is 33.2 Å². The van der Waals surface area contributed by atoms with Gasteiger partial charge in [0.15, 0.2) is 0 Å². The zero-order valence-electron chi connectivity index (χ0n) is 11.9. The van der Waals surface area contributed by atoms with Gasteiger partial charge in [-0.2, -0.15) is 0 Å². The van der Waals surface area contributed by atoms with Crippen LogP contribution in [0.3, 0.4) is 0 Å². The summed E-state index contributed by atoms with van der Waals surface area (Å²) in [6.45, 7) is 5.63. The zero-order chi connectivity index (χ0) is 14.7. The highest BCUT2D eigenvalue weighted by atomic mass is 16.5. The van der Waals surface area contributed by atoms with E-state index in [-0.39, 0.29) is 23.6 Å². The van der Waals surface area contributed by atoms with Crippen molar-refractivity contribution in [2.24, 2.45) is 0 Å². The summed E-state index contributed by atoms with van der Waals surface area (Å²) >= 11 is 0. The summed E-state index contributed by atoms with van der Waals surface area (Å²) in [5.41, 5.74) is 1.85. The van der Waals surface area contributed by atoms with Crippen LogP contribution >= 0.6 is 0 Å². The monoisotopic (exact) mass is 279 g/mol. The molecule has 108 valence electrons. The van der Waals surface area contributed by atoms with Crippen LogP contribution in [0.1, 0.15) is 34.5 Å². The first-order valence-corrected chi connectivity index (χ1v) is 6.24. The smallest absolute Gasteiger partial charge is 0.290 e. The molecule has 0 aromatic carbocycles. The van der Waals surface area contributed by atoms with Gasteiger partial charge in [0.2, 0.25) is 5.76 Å². The molecule has 2 aromatic rings. The molecule has 2 aromatic heterocycles. The Balaban J connectivity index is 1.97. The SMILES string of the molecule is COc1cc(C(=O)NC(C)Cc2c(C)noc2C)on1. The van der Waals surface area contributed by atoms with E-state index in [1.807, 2.05) is 20.8 Å². The third-order valence-corrected chi connectivity index (χ3v) is 2.99. The number of aryl methyl sites for hydroxylation is 2. The van der Waals surface area contributed by atoms with Crippen LogP contribution in [0.4, 0.5) is 0 Å². The van der Waals surface area contributed by atoms with Gasteiger partial charge in [-0.25, -0.2) is 0 Å². The van der Waals surface area contributed by atoms with Crippen molar-refractivity contribution in [3.8, 4) is 5.88 Å². The second kappa shape index (κ2) is 5.77. The van der Waals surface area contributed by atoms with E-state index in [2.05, 4.69) is 15.6 Å². The molecular weight excluding hydrogens is 262 g/mol. The summed E-state index contributed by atoms with van der Waals surface area (Å²) in [6.07, 6.45) is 0.637. The maximum absolute atomic E-state index is 11.9. The normalized spacial score (nSPS) is 12.2. The van der Waals surface area contributed by atoms with Crippen LogP contribution in [0, 0.1) is 13.8 Å². The molecule has 0 fully saturated rings. The summed E-state index contributed by atoms with van der Waals surface area (Å²) in [5, 5.41) is 10.3. The fourth-order valence-electron chi connectivity index (χ4n) is 1.91. The minimum Gasteiger partial charge on any atom is -0.479 e. The van der Waals surface area contributed by atoms with E-state index in [0.29, 0.717) is 6.42 Å². The van der Waals surface area contributed by atoms with Gasteiger partial charge in [-0.05, 0) is 32.3 Å². The Hall–Kier alpha value is -2.31. The number of rotatable bonds is 5. The summed E-state index contributed by atoms with van der Waals surface area (Å²) in [5.74, 6) is 0.825. The van der Waals surface area contributed by atoms with Crippen molar-refractivity contribution in [1.29, 1.82) is 0 Å². The number of ether oxygens (including phenoxy) is 1. The number of hydrogen-bond donors (Lipinski definition) is 1. The van der Waals surface area contributed by atoms with E-state index in [0.717, 1.165) is 17.0 Å². The van der Waals surface area contributed by atoms with Gasteiger partial charge in [0.1, 0.15) is 5.76 Å². The maximum atomic E-state index is 11.9. The second-order valence-electron chi connectivity index (χ2n) is 4.61. The predicted molar refractivity (Wildman–Crippen MR) is 69.7 cm³/mol. The molecule has 1 atom stereocenters. The number of hydrogen-bond acceptors (Lipinski definition) is 6. The highest BCUT2D eigenvalue weighted by Crippen LogP contribution is 2.15. The van der Waals surface area contributed by atoms with Crippen LogP contribution in [-0.4, -0.2) is 29.4 Å². The largest absolute Gasteiger partial charge is 0.479 e. The van der Waals surface area contributed by atoms with Gasteiger partial charge in [-0.1, -0.05) is 5.16 Å². The summed E-state index contributed by atoms with van der Waals surface area (Å²) in [7, 11) is 1.46. The fraction of sp³-hybridized carbons (Fsp3) is 0.462. The molecule has 2 heterocycles. The minimum absolute atomic E-state index is 0.0876. The number of nitrogens with one attached hydrogen (secondary N) is 1. The van der Waals surface area contributed by atoms with E-state index in [9.17, 15) is 4.79 Å². The van der Waals surface area contributed by atoms with E-state index >= 15 is 0 Å². The van der Waals surface area contributed by atoms with Crippen LogP contribution in [0.5, 0.6) is 5.88 Å². The average Bonchev–Trinajstić information content (AvgIpc) is 3.00. The van der Waals surface area contributed by atoms with Crippen LogP contribution < -0.4 is 10.1 Å². The molecule has 1 unspecified atom stereocenters. The Kier molecular flexibility index (Phi) is 4.07. The van der Waals surface area contributed by atoms with E-state index in [1.165, 1.54) is 13.2 Å². The lowest BCUT2D eigenvalue weighted by Gasteiger charge is -2.12. The molecule has 0 aliphatic heterocycles. The lowest BCUT2D eigenvalue weighted by molar-refractivity contribution is 0.0902. The Bertz CT molecular complexity index is 583. The van der Waals surface area contributed by atoms with Crippen molar-refractivity contribution in [3.63, 3.8) is 0 Å². The van der Waals surface area contributed by atoms with Gasteiger partial charge < -0.3 is 19.1 Å². The fourth-order valence-corrected chi connectivity index (χ4v) is 1.91. The molecule has 0 radical (unpaired) electrons. The van der Waals surface area contributed by atoms with Crippen LogP contribution in [0.15, 0.2) is 15.1 Å². The van der Waals surface area contributed by atoms with Crippen molar-refractivity contribution in [3.05, 3.63) is 28.8 Å². The molecule has 0 saturated carbocycles. The first kappa shape index (κ1) is 14.1. The Morgan fingerprint density at radius 2 is 2.15 bits per heavy atom. The lowest BCUT2D eigenvalue weighted by atomic mass is 10.1. The molecule has 20 heavy (non-hydrogen) atoms. The topological polar surface area (TPSA) is 90.4 Å². The zero-order valence-corrected chi connectivity index (χ0v) is 11.9. The maximum Gasteiger partial charge on any atom is 0.290 e. The number of amides is 1. The molecule has 1 amide bonds. The predicted octanol–water partition coefficient (Wildman–Crippen LogP) is 1.65. The highest BCUT2D eigenvalue weighted by Gasteiger charge is 2.18. The quantitative estimate of drug-likeness (QED) is 0.895. The third-order valence-electron chi connectivity index (χ3n) is 2.99. The molecule has 0 aliphatic rings. The van der Waals surface area contributed by atoms with Crippen molar-refractivity contribution in [1.82, 2.24) is 15.6 Å². The van der Waals surface area contributed by atoms with E-state index < -0.39 is 0 Å². The highest BCUT2D eigenvalue weighted by molar-refractivity contribution is 5.91. The van der Waals surface area contributed by atoms with E-state index in [4.69, 9.17) is 13.8 Å². The summed E-state index contributed by atoms with van der Waals surface area (Å²) < 4.78 is 14.8. The third kappa shape index (κ3) is 2.98. The number of carbonyl (C=O) groups excluding carboxylic acids is 1. The Labute approximate surface area is 116 Å². The first-order chi connectivity index (χ1) is 9.51. The standard InChI is InChI=1S/C13H17N3O4/c1-7(5-10-8(2)15-19-9(10)3)14-13(17)11-6-12(18-4)16-20-11/h6-7H,5H2,1-4H3,(H,14,17). The number of methoxy groups -OCH3 is 1. The Morgan fingerprint density at radius 1 is 1.40 bits per heavy atom. The molecule has 0 bridgehead atoms. The van der Waals surface area contributed by atoms with Gasteiger partial charge in [0, 0.05) is 11.6 Å². The van der Waals surface area contributed by atoms with Gasteiger partial charge >= 0.3 is 0 Å². The molecule has 0 spiro atoms. The first-order valence-electron chi connectivity index (χ1n) is 6.24. The summed E-state index contributed by atoms with van der Waals surface area (Å²) in [4.78, 5) is 11.9. The molecule has 7 nitrogen and oxygen atoms in total. The minimum atomic E-state index is -0.333. The molecule has 1 N–H and O–H groups in total. The number of carbonyl (C=O) groups is 1. The van der Waals surface area contributed by atoms with Crippen molar-refractivity contribution in [2.75, 3.05) is 7.11 Å². The number of nitrogens with zero attached hydrogens (tertiary/aromatic N) is 2. The molecular formula is C13H17N3O4. The van der Waals surface area contributed by atoms with Crippen LogP contribution in [0.25, 0.3) is 0 Å².